The van der Waals surface area contributed by atoms with Gasteiger partial charge in [0.05, 0.1) is 26.4 Å². The van der Waals surface area contributed by atoms with E-state index in [1.165, 1.54) is 0 Å². The SMILES string of the molecule is CCCCOc1cccc(C)c1[Si](O[Si](c1c(C)cccc1OCCCC)c1c(C)cccc1OCCCC)c1c(C)cccc1OCCCC. The Balaban J connectivity index is 2.04. The second-order valence-corrected chi connectivity index (χ2v) is 17.5. The number of hydrogen-bond acceptors (Lipinski definition) is 5. The molecule has 4 rings (SSSR count). The zero-order chi connectivity index (χ0) is 36.6. The lowest BCUT2D eigenvalue weighted by Crippen LogP contribution is -2.58. The molecule has 7 heteroatoms. The molecule has 4 aromatic carbocycles. The molecule has 0 bridgehead atoms. The molecule has 0 N–H and O–H groups in total. The molecule has 0 heterocycles. The van der Waals surface area contributed by atoms with Crippen molar-refractivity contribution in [1.82, 2.24) is 0 Å². The lowest BCUT2D eigenvalue weighted by atomic mass is 10.2. The molecular weight excluding hydrogens is 665 g/mol. The largest absolute Gasteiger partial charge is 0.494 e. The van der Waals surface area contributed by atoms with Crippen molar-refractivity contribution in [2.45, 2.75) is 107 Å². The molecule has 0 aliphatic rings. The molecule has 5 nitrogen and oxygen atoms in total. The van der Waals surface area contributed by atoms with E-state index < -0.39 is 18.1 Å². The summed E-state index contributed by atoms with van der Waals surface area (Å²) in [5, 5.41) is 4.55. The van der Waals surface area contributed by atoms with Gasteiger partial charge in [0.1, 0.15) is 23.0 Å². The second kappa shape index (κ2) is 21.1. The minimum atomic E-state index is -2.02. The monoisotopic (exact) mass is 724 g/mol. The van der Waals surface area contributed by atoms with Crippen molar-refractivity contribution in [1.29, 1.82) is 0 Å². The van der Waals surface area contributed by atoms with Gasteiger partial charge in [0.25, 0.3) is 18.1 Å². The summed E-state index contributed by atoms with van der Waals surface area (Å²) in [6.07, 6.45) is 8.23. The summed E-state index contributed by atoms with van der Waals surface area (Å²) in [6, 6.07) is 25.7. The lowest BCUT2D eigenvalue weighted by Gasteiger charge is -2.31. The van der Waals surface area contributed by atoms with Gasteiger partial charge < -0.3 is 23.1 Å². The van der Waals surface area contributed by atoms with E-state index in [-0.39, 0.29) is 0 Å². The second-order valence-electron chi connectivity index (χ2n) is 13.4. The number of ether oxygens (including phenoxy) is 4. The summed E-state index contributed by atoms with van der Waals surface area (Å²) >= 11 is 0. The normalized spacial score (nSPS) is 11.3. The van der Waals surface area contributed by atoms with Crippen LogP contribution < -0.4 is 39.7 Å². The maximum Gasteiger partial charge on any atom is 0.280 e. The van der Waals surface area contributed by atoms with Gasteiger partial charge in [-0.2, -0.15) is 0 Å². The van der Waals surface area contributed by atoms with Gasteiger partial charge in [0.15, 0.2) is 0 Å². The molecule has 0 unspecified atom stereocenters. The molecule has 0 amide bonds. The van der Waals surface area contributed by atoms with Crippen LogP contribution in [0.15, 0.2) is 72.8 Å². The summed E-state index contributed by atoms with van der Waals surface area (Å²) in [6.45, 7) is 20.2. The van der Waals surface area contributed by atoms with Crippen molar-refractivity contribution < 1.29 is 23.1 Å². The molecule has 2 radical (unpaired) electrons. The smallest absolute Gasteiger partial charge is 0.280 e. The van der Waals surface area contributed by atoms with Crippen molar-refractivity contribution in [3.8, 4) is 23.0 Å². The average Bonchev–Trinajstić information content (AvgIpc) is 3.11. The molecule has 0 saturated heterocycles. The molecule has 0 aliphatic heterocycles. The van der Waals surface area contributed by atoms with Crippen LogP contribution in [0.1, 0.15) is 101 Å². The van der Waals surface area contributed by atoms with Crippen molar-refractivity contribution in [2.75, 3.05) is 26.4 Å². The fourth-order valence-corrected chi connectivity index (χ4v) is 12.3. The van der Waals surface area contributed by atoms with Gasteiger partial charge in [0, 0.05) is 20.7 Å². The molecule has 0 fully saturated rings. The third kappa shape index (κ3) is 10.7. The maximum absolute atomic E-state index is 7.99. The molecule has 274 valence electrons. The summed E-state index contributed by atoms with van der Waals surface area (Å²) in [4.78, 5) is 0. The van der Waals surface area contributed by atoms with Crippen LogP contribution in [0.25, 0.3) is 0 Å². The summed E-state index contributed by atoms with van der Waals surface area (Å²) in [5.41, 5.74) is 4.65. The molecule has 0 aromatic heterocycles. The predicted molar refractivity (Wildman–Crippen MR) is 217 cm³/mol. The molecule has 0 atom stereocenters. The van der Waals surface area contributed by atoms with Gasteiger partial charge in [-0.1, -0.05) is 102 Å². The predicted octanol–water partition coefficient (Wildman–Crippen LogP) is 8.56. The Morgan fingerprint density at radius 3 is 0.824 bits per heavy atom. The standard InChI is InChI=1S/C44H60O5Si2/c1-9-13-29-45-37-25-17-21-33(5)41(37)50(42-34(6)22-18-26-38(42)46-30-14-10-2)49-51(43-35(7)23-19-27-39(43)47-31-15-11-3)44-36(8)24-20-28-40(44)48-32-16-12-4/h17-28H,9-16,29-32H2,1-8H3. The van der Waals surface area contributed by atoms with E-state index in [1.807, 2.05) is 0 Å². The summed E-state index contributed by atoms with van der Waals surface area (Å²) in [5.74, 6) is 3.59. The first kappa shape index (κ1) is 40.2. The van der Waals surface area contributed by atoms with Crippen LogP contribution in [0.4, 0.5) is 0 Å². The molecule has 0 aliphatic carbocycles. The van der Waals surface area contributed by atoms with Crippen LogP contribution >= 0.6 is 0 Å². The zero-order valence-corrected chi connectivity index (χ0v) is 34.5. The third-order valence-electron chi connectivity index (χ3n) is 9.07. The van der Waals surface area contributed by atoms with Crippen LogP contribution in [-0.4, -0.2) is 44.5 Å². The first-order valence-corrected chi connectivity index (χ1v) is 22.0. The molecule has 0 spiro atoms. The Labute approximate surface area is 312 Å². The Hall–Kier alpha value is -3.53. The molecule has 4 aromatic rings. The molecule has 51 heavy (non-hydrogen) atoms. The highest BCUT2D eigenvalue weighted by molar-refractivity contribution is 6.93. The third-order valence-corrected chi connectivity index (χ3v) is 15.1. The van der Waals surface area contributed by atoms with Crippen molar-refractivity contribution in [3.63, 3.8) is 0 Å². The van der Waals surface area contributed by atoms with Gasteiger partial charge >= 0.3 is 0 Å². The first-order chi connectivity index (χ1) is 24.9. The van der Waals surface area contributed by atoms with Crippen LogP contribution in [0.5, 0.6) is 23.0 Å². The number of benzene rings is 4. The van der Waals surface area contributed by atoms with Gasteiger partial charge in [-0.3, -0.25) is 0 Å². The van der Waals surface area contributed by atoms with E-state index in [4.69, 9.17) is 23.1 Å². The van der Waals surface area contributed by atoms with E-state index in [2.05, 4.69) is 128 Å². The number of aryl methyl sites for hydroxylation is 4. The highest BCUT2D eigenvalue weighted by Gasteiger charge is 2.38. The first-order valence-electron chi connectivity index (χ1n) is 19.2. The van der Waals surface area contributed by atoms with E-state index in [0.29, 0.717) is 26.4 Å². The van der Waals surface area contributed by atoms with Crippen molar-refractivity contribution >= 4 is 38.8 Å². The highest BCUT2D eigenvalue weighted by Crippen LogP contribution is 2.23. The van der Waals surface area contributed by atoms with Gasteiger partial charge in [-0.25, -0.2) is 0 Å². The quantitative estimate of drug-likeness (QED) is 0.0601. The lowest BCUT2D eigenvalue weighted by molar-refractivity contribution is 0.309. The fourth-order valence-electron chi connectivity index (χ4n) is 6.07. The Bertz CT molecular complexity index is 1420. The van der Waals surface area contributed by atoms with Gasteiger partial charge in [-0.15, -0.1) is 0 Å². The molecule has 0 saturated carbocycles. The van der Waals surface area contributed by atoms with Crippen molar-refractivity contribution in [2.24, 2.45) is 0 Å². The van der Waals surface area contributed by atoms with Gasteiger partial charge in [0.2, 0.25) is 0 Å². The van der Waals surface area contributed by atoms with Crippen LogP contribution in [0, 0.1) is 27.7 Å². The summed E-state index contributed by atoms with van der Waals surface area (Å²) < 4.78 is 34.5. The number of hydrogen-bond donors (Lipinski definition) is 0. The minimum Gasteiger partial charge on any atom is -0.494 e. The van der Waals surface area contributed by atoms with Crippen LogP contribution in [0.3, 0.4) is 0 Å². The average molecular weight is 725 g/mol. The van der Waals surface area contributed by atoms with Crippen LogP contribution in [-0.2, 0) is 4.12 Å². The van der Waals surface area contributed by atoms with Crippen LogP contribution in [0.2, 0.25) is 0 Å². The fraction of sp³-hybridized carbons (Fsp3) is 0.455. The Morgan fingerprint density at radius 2 is 0.608 bits per heavy atom. The number of rotatable bonds is 22. The molecular formula is C44H60O5Si2. The number of unbranched alkanes of at least 4 members (excludes halogenated alkanes) is 4. The Kier molecular flexibility index (Phi) is 16.7. The van der Waals surface area contributed by atoms with E-state index in [9.17, 15) is 0 Å². The maximum atomic E-state index is 7.99. The topological polar surface area (TPSA) is 46.2 Å². The van der Waals surface area contributed by atoms with E-state index in [0.717, 1.165) is 117 Å². The van der Waals surface area contributed by atoms with E-state index >= 15 is 0 Å². The minimum absolute atomic E-state index is 0.661. The van der Waals surface area contributed by atoms with Gasteiger partial charge in [-0.05, 0) is 99.9 Å². The zero-order valence-electron chi connectivity index (χ0n) is 32.5. The highest BCUT2D eigenvalue weighted by atomic mass is 28.4. The Morgan fingerprint density at radius 1 is 0.373 bits per heavy atom. The summed E-state index contributed by atoms with van der Waals surface area (Å²) in [7, 11) is -4.03. The van der Waals surface area contributed by atoms with Crippen molar-refractivity contribution in [3.05, 3.63) is 95.1 Å². The van der Waals surface area contributed by atoms with E-state index in [1.54, 1.807) is 0 Å².